The number of nitrogens with zero attached hydrogens (tertiary/aromatic N) is 1. The Morgan fingerprint density at radius 2 is 2.06 bits per heavy atom. The molecule has 0 unspecified atom stereocenters. The Hall–Kier alpha value is -1.51. The summed E-state index contributed by atoms with van der Waals surface area (Å²) in [6, 6.07) is 9.65. The van der Waals surface area contributed by atoms with Crippen molar-refractivity contribution in [2.45, 2.75) is 32.2 Å². The van der Waals surface area contributed by atoms with Gasteiger partial charge in [-0.25, -0.2) is 4.79 Å². The number of ether oxygens (including phenoxy) is 1. The minimum absolute atomic E-state index is 0.212. The summed E-state index contributed by atoms with van der Waals surface area (Å²) < 4.78 is 5.32. The quantitative estimate of drug-likeness (QED) is 0.778. The Balaban J connectivity index is 1.95. The number of hydrogen-bond donors (Lipinski definition) is 0. The first-order valence-electron chi connectivity index (χ1n) is 5.84. The predicted octanol–water partition coefficient (Wildman–Crippen LogP) is 3.06. The molecule has 0 aromatic heterocycles. The zero-order chi connectivity index (χ0) is 11.4. The molecule has 3 nitrogen and oxygen atoms in total. The third kappa shape index (κ3) is 2.75. The predicted molar refractivity (Wildman–Crippen MR) is 62.5 cm³/mol. The molecular weight excluding hydrogens is 202 g/mol. The summed E-state index contributed by atoms with van der Waals surface area (Å²) in [4.78, 5) is 13.7. The van der Waals surface area contributed by atoms with Crippen LogP contribution in [0.3, 0.4) is 0 Å². The Bertz CT molecular complexity index is 346. The van der Waals surface area contributed by atoms with E-state index in [1.54, 1.807) is 12.1 Å². The van der Waals surface area contributed by atoms with Crippen molar-refractivity contribution >= 4 is 6.09 Å². The first kappa shape index (κ1) is 11.0. The first-order chi connectivity index (χ1) is 7.81. The van der Waals surface area contributed by atoms with Crippen molar-refractivity contribution < 1.29 is 9.53 Å². The number of carbonyl (C=O) groups is 1. The van der Waals surface area contributed by atoms with Gasteiger partial charge in [-0.2, -0.15) is 0 Å². The van der Waals surface area contributed by atoms with Gasteiger partial charge in [0.1, 0.15) is 5.75 Å². The van der Waals surface area contributed by atoms with Crippen LogP contribution in [-0.2, 0) is 0 Å². The molecule has 1 aliphatic carbocycles. The second kappa shape index (κ2) is 5.01. The SMILES string of the molecule is CCCN(C(=O)Oc1ccccc1)C1CC1. The Kier molecular flexibility index (Phi) is 3.44. The molecule has 0 atom stereocenters. The highest BCUT2D eigenvalue weighted by Gasteiger charge is 2.33. The van der Waals surface area contributed by atoms with Crippen molar-refractivity contribution in [1.29, 1.82) is 0 Å². The van der Waals surface area contributed by atoms with Crippen LogP contribution in [0.2, 0.25) is 0 Å². The van der Waals surface area contributed by atoms with Crippen LogP contribution in [0.15, 0.2) is 30.3 Å². The van der Waals surface area contributed by atoms with E-state index in [1.165, 1.54) is 0 Å². The summed E-state index contributed by atoms with van der Waals surface area (Å²) in [6.45, 7) is 2.86. The second-order valence-electron chi connectivity index (χ2n) is 4.11. The molecule has 1 aromatic carbocycles. The summed E-state index contributed by atoms with van der Waals surface area (Å²) in [5, 5.41) is 0. The summed E-state index contributed by atoms with van der Waals surface area (Å²) in [5.74, 6) is 0.620. The van der Waals surface area contributed by atoms with E-state index in [2.05, 4.69) is 6.92 Å². The molecule has 1 aliphatic rings. The molecular formula is C13H17NO2. The number of amides is 1. The third-order valence-corrected chi connectivity index (χ3v) is 2.64. The molecule has 1 saturated carbocycles. The van der Waals surface area contributed by atoms with E-state index in [4.69, 9.17) is 4.74 Å². The van der Waals surface area contributed by atoms with Gasteiger partial charge in [0, 0.05) is 12.6 Å². The number of benzene rings is 1. The average molecular weight is 219 g/mol. The molecule has 1 amide bonds. The highest BCUT2D eigenvalue weighted by molar-refractivity contribution is 5.71. The molecule has 16 heavy (non-hydrogen) atoms. The molecule has 2 rings (SSSR count). The maximum atomic E-state index is 11.9. The number of hydrogen-bond acceptors (Lipinski definition) is 2. The standard InChI is InChI=1S/C13H17NO2/c1-2-10-14(11-8-9-11)13(15)16-12-6-4-3-5-7-12/h3-7,11H,2,8-10H2,1H3. The fraction of sp³-hybridized carbons (Fsp3) is 0.462. The maximum absolute atomic E-state index is 11.9. The lowest BCUT2D eigenvalue weighted by molar-refractivity contribution is 0.149. The summed E-state index contributed by atoms with van der Waals surface area (Å²) >= 11 is 0. The van der Waals surface area contributed by atoms with Crippen LogP contribution >= 0.6 is 0 Å². The molecule has 0 spiro atoms. The third-order valence-electron chi connectivity index (χ3n) is 2.64. The van der Waals surface area contributed by atoms with Crippen LogP contribution in [0.5, 0.6) is 5.75 Å². The molecule has 0 heterocycles. The minimum atomic E-state index is -0.212. The van der Waals surface area contributed by atoms with E-state index in [-0.39, 0.29) is 6.09 Å². The highest BCUT2D eigenvalue weighted by Crippen LogP contribution is 2.27. The molecule has 0 radical (unpaired) electrons. The van der Waals surface area contributed by atoms with Gasteiger partial charge in [0.15, 0.2) is 0 Å². The normalized spacial score (nSPS) is 14.6. The monoisotopic (exact) mass is 219 g/mol. The molecule has 1 fully saturated rings. The van der Waals surface area contributed by atoms with Crippen LogP contribution in [0.25, 0.3) is 0 Å². The summed E-state index contributed by atoms with van der Waals surface area (Å²) in [5.41, 5.74) is 0. The van der Waals surface area contributed by atoms with Gasteiger partial charge < -0.3 is 9.64 Å². The lowest BCUT2D eigenvalue weighted by atomic mass is 10.3. The van der Waals surface area contributed by atoms with Crippen molar-refractivity contribution in [2.24, 2.45) is 0 Å². The first-order valence-corrected chi connectivity index (χ1v) is 5.84. The zero-order valence-electron chi connectivity index (χ0n) is 9.56. The summed E-state index contributed by atoms with van der Waals surface area (Å²) in [7, 11) is 0. The number of para-hydroxylation sites is 1. The largest absolute Gasteiger partial charge is 0.415 e. The molecule has 0 bridgehead atoms. The van der Waals surface area contributed by atoms with Crippen molar-refractivity contribution in [3.8, 4) is 5.75 Å². The van der Waals surface area contributed by atoms with Gasteiger partial charge in [0.25, 0.3) is 0 Å². The lowest BCUT2D eigenvalue weighted by Gasteiger charge is -2.20. The van der Waals surface area contributed by atoms with Crippen LogP contribution in [0.4, 0.5) is 4.79 Å². The molecule has 1 aromatic rings. The van der Waals surface area contributed by atoms with Gasteiger partial charge in [-0.05, 0) is 31.4 Å². The smallest absolute Gasteiger partial charge is 0.410 e. The van der Waals surface area contributed by atoms with E-state index in [9.17, 15) is 4.79 Å². The lowest BCUT2D eigenvalue weighted by Crippen LogP contribution is -2.36. The fourth-order valence-electron chi connectivity index (χ4n) is 1.70. The van der Waals surface area contributed by atoms with Crippen LogP contribution in [0, 0.1) is 0 Å². The average Bonchev–Trinajstić information content (AvgIpc) is 3.11. The van der Waals surface area contributed by atoms with Gasteiger partial charge >= 0.3 is 6.09 Å². The zero-order valence-corrected chi connectivity index (χ0v) is 9.56. The van der Waals surface area contributed by atoms with E-state index in [0.717, 1.165) is 25.8 Å². The van der Waals surface area contributed by atoms with Gasteiger partial charge in [0.2, 0.25) is 0 Å². The van der Waals surface area contributed by atoms with Crippen molar-refractivity contribution in [2.75, 3.05) is 6.54 Å². The second-order valence-corrected chi connectivity index (χ2v) is 4.11. The Morgan fingerprint density at radius 3 is 2.62 bits per heavy atom. The van der Waals surface area contributed by atoms with Crippen molar-refractivity contribution in [3.05, 3.63) is 30.3 Å². The van der Waals surface area contributed by atoms with E-state index in [1.807, 2.05) is 23.1 Å². The molecule has 86 valence electrons. The van der Waals surface area contributed by atoms with Crippen LogP contribution < -0.4 is 4.74 Å². The minimum Gasteiger partial charge on any atom is -0.410 e. The molecule has 0 aliphatic heterocycles. The topological polar surface area (TPSA) is 29.5 Å². The van der Waals surface area contributed by atoms with E-state index < -0.39 is 0 Å². The van der Waals surface area contributed by atoms with Crippen LogP contribution in [0.1, 0.15) is 26.2 Å². The van der Waals surface area contributed by atoms with Crippen molar-refractivity contribution in [3.63, 3.8) is 0 Å². The summed E-state index contributed by atoms with van der Waals surface area (Å²) in [6.07, 6.45) is 2.99. The van der Waals surface area contributed by atoms with Gasteiger partial charge in [0.05, 0.1) is 0 Å². The molecule has 0 saturated heterocycles. The van der Waals surface area contributed by atoms with Gasteiger partial charge in [-0.1, -0.05) is 25.1 Å². The Labute approximate surface area is 96.0 Å². The van der Waals surface area contributed by atoms with E-state index in [0.29, 0.717) is 11.8 Å². The van der Waals surface area contributed by atoms with E-state index >= 15 is 0 Å². The highest BCUT2D eigenvalue weighted by atomic mass is 16.6. The maximum Gasteiger partial charge on any atom is 0.415 e. The number of rotatable bonds is 4. The fourth-order valence-corrected chi connectivity index (χ4v) is 1.70. The number of carbonyl (C=O) groups excluding carboxylic acids is 1. The van der Waals surface area contributed by atoms with Gasteiger partial charge in [-0.3, -0.25) is 0 Å². The van der Waals surface area contributed by atoms with Crippen LogP contribution in [-0.4, -0.2) is 23.6 Å². The molecule has 3 heteroatoms. The molecule has 0 N–H and O–H groups in total. The van der Waals surface area contributed by atoms with Crippen molar-refractivity contribution in [1.82, 2.24) is 4.90 Å². The van der Waals surface area contributed by atoms with Gasteiger partial charge in [-0.15, -0.1) is 0 Å². The Morgan fingerprint density at radius 1 is 1.38 bits per heavy atom.